The zero-order chi connectivity index (χ0) is 29.3. The van der Waals surface area contributed by atoms with Gasteiger partial charge in [0.15, 0.2) is 24.6 Å². The lowest BCUT2D eigenvalue weighted by atomic mass is 9.98. The van der Waals surface area contributed by atoms with Crippen LogP contribution >= 0.6 is 11.8 Å². The molecular weight excluding hydrogens is 556 g/mol. The van der Waals surface area contributed by atoms with Crippen LogP contribution in [0.3, 0.4) is 0 Å². The van der Waals surface area contributed by atoms with E-state index in [1.54, 1.807) is 91.0 Å². The lowest BCUT2D eigenvalue weighted by Crippen LogP contribution is -2.62. The Labute approximate surface area is 247 Å². The van der Waals surface area contributed by atoms with E-state index in [1.807, 2.05) is 30.3 Å². The molecule has 0 aromatic heterocycles. The van der Waals surface area contributed by atoms with Gasteiger partial charge in [0, 0.05) is 10.6 Å². The minimum atomic E-state index is -1.68. The molecule has 1 heterocycles. The van der Waals surface area contributed by atoms with Crippen molar-refractivity contribution in [3.8, 4) is 0 Å². The summed E-state index contributed by atoms with van der Waals surface area (Å²) < 4.78 is 23.4. The van der Waals surface area contributed by atoms with Crippen LogP contribution in [0.25, 0.3) is 0 Å². The zero-order valence-electron chi connectivity index (χ0n) is 22.4. The Balaban J connectivity index is 1.48. The lowest BCUT2D eigenvalue weighted by molar-refractivity contribution is -0.274. The highest BCUT2D eigenvalue weighted by molar-refractivity contribution is 7.99. The van der Waals surface area contributed by atoms with Gasteiger partial charge in [-0.1, -0.05) is 72.8 Å². The summed E-state index contributed by atoms with van der Waals surface area (Å²) in [7, 11) is 0. The SMILES string of the molecule is O=C(O[C@@H]1[C@@H](OC(=O)c2ccccc2)[C@@H](O)O[C@H](CSc2ccccc2)[C@@H]1OC(=O)c1ccccc1)c1ccccc1. The molecule has 9 heteroatoms. The van der Waals surface area contributed by atoms with Gasteiger partial charge in [-0.05, 0) is 48.5 Å². The van der Waals surface area contributed by atoms with Crippen LogP contribution in [0.15, 0.2) is 126 Å². The number of hydrogen-bond donors (Lipinski definition) is 1. The molecule has 1 aliphatic heterocycles. The first-order valence-corrected chi connectivity index (χ1v) is 14.3. The lowest BCUT2D eigenvalue weighted by Gasteiger charge is -2.43. The average Bonchev–Trinajstić information content (AvgIpc) is 3.04. The van der Waals surface area contributed by atoms with Gasteiger partial charge in [-0.15, -0.1) is 11.8 Å². The fourth-order valence-electron chi connectivity index (χ4n) is 4.42. The largest absolute Gasteiger partial charge is 0.452 e. The van der Waals surface area contributed by atoms with E-state index in [0.717, 1.165) is 4.90 Å². The third kappa shape index (κ3) is 7.25. The van der Waals surface area contributed by atoms with Crippen molar-refractivity contribution in [1.82, 2.24) is 0 Å². The first kappa shape index (κ1) is 29.1. The minimum absolute atomic E-state index is 0.220. The van der Waals surface area contributed by atoms with Gasteiger partial charge in [0.1, 0.15) is 6.10 Å². The summed E-state index contributed by atoms with van der Waals surface area (Å²) >= 11 is 1.41. The van der Waals surface area contributed by atoms with Crippen LogP contribution in [0.4, 0.5) is 0 Å². The maximum absolute atomic E-state index is 13.3. The van der Waals surface area contributed by atoms with Crippen molar-refractivity contribution in [2.75, 3.05) is 5.75 Å². The van der Waals surface area contributed by atoms with Crippen LogP contribution in [0.2, 0.25) is 0 Å². The van der Waals surface area contributed by atoms with Gasteiger partial charge in [0.2, 0.25) is 0 Å². The zero-order valence-corrected chi connectivity index (χ0v) is 23.2. The van der Waals surface area contributed by atoms with Crippen molar-refractivity contribution in [2.24, 2.45) is 0 Å². The Hall–Kier alpha value is -4.44. The van der Waals surface area contributed by atoms with Crippen LogP contribution in [-0.4, -0.2) is 59.5 Å². The van der Waals surface area contributed by atoms with E-state index in [9.17, 15) is 19.5 Å². The molecule has 0 radical (unpaired) electrons. The smallest absolute Gasteiger partial charge is 0.338 e. The Morgan fingerprint density at radius 2 is 0.952 bits per heavy atom. The van der Waals surface area contributed by atoms with Gasteiger partial charge >= 0.3 is 17.9 Å². The van der Waals surface area contributed by atoms with Crippen LogP contribution in [-0.2, 0) is 18.9 Å². The molecule has 1 saturated heterocycles. The van der Waals surface area contributed by atoms with Crippen molar-refractivity contribution >= 4 is 29.7 Å². The average molecular weight is 585 g/mol. The standard InChI is InChI=1S/C33H28O8S/c34-30(22-13-5-1-6-14-22)39-27-26(21-42-25-19-11-4-12-20-25)38-33(37)29(41-32(36)24-17-9-3-10-18-24)28(27)40-31(35)23-15-7-2-8-16-23/h1-20,26-29,33,37H,21H2/t26-,27+,28+,29-,33+/m1/s1. The topological polar surface area (TPSA) is 108 Å². The number of aliphatic hydroxyl groups excluding tert-OH is 1. The number of thioether (sulfide) groups is 1. The number of ether oxygens (including phenoxy) is 4. The van der Waals surface area contributed by atoms with Crippen LogP contribution in [0.1, 0.15) is 31.1 Å². The highest BCUT2D eigenvalue weighted by Gasteiger charge is 2.52. The van der Waals surface area contributed by atoms with E-state index in [4.69, 9.17) is 18.9 Å². The first-order chi connectivity index (χ1) is 20.5. The third-order valence-corrected chi connectivity index (χ3v) is 7.63. The molecule has 1 aliphatic rings. The molecule has 4 aromatic rings. The van der Waals surface area contributed by atoms with Crippen molar-refractivity contribution in [3.05, 3.63) is 138 Å². The summed E-state index contributed by atoms with van der Waals surface area (Å²) in [5, 5.41) is 11.1. The van der Waals surface area contributed by atoms with Crippen molar-refractivity contribution in [1.29, 1.82) is 0 Å². The van der Waals surface area contributed by atoms with E-state index in [-0.39, 0.29) is 22.4 Å². The number of benzene rings is 4. The van der Waals surface area contributed by atoms with Crippen LogP contribution in [0, 0.1) is 0 Å². The Morgan fingerprint density at radius 3 is 1.40 bits per heavy atom. The number of rotatable bonds is 9. The Morgan fingerprint density at radius 1 is 0.571 bits per heavy atom. The fourth-order valence-corrected chi connectivity index (χ4v) is 5.40. The van der Waals surface area contributed by atoms with E-state index in [2.05, 4.69) is 0 Å². The molecule has 1 fully saturated rings. The summed E-state index contributed by atoms with van der Waals surface area (Å²) in [4.78, 5) is 40.5. The normalized spacial score (nSPS) is 21.6. The monoisotopic (exact) mass is 584 g/mol. The molecule has 214 valence electrons. The molecule has 0 spiro atoms. The maximum atomic E-state index is 13.3. The van der Waals surface area contributed by atoms with Gasteiger partial charge in [-0.2, -0.15) is 0 Å². The molecule has 4 aromatic carbocycles. The summed E-state index contributed by atoms with van der Waals surface area (Å²) in [5.74, 6) is -1.98. The Kier molecular flexibility index (Phi) is 9.66. The number of hydrogen-bond acceptors (Lipinski definition) is 9. The van der Waals surface area contributed by atoms with Crippen molar-refractivity contribution in [3.63, 3.8) is 0 Å². The molecule has 42 heavy (non-hydrogen) atoms. The highest BCUT2D eigenvalue weighted by atomic mass is 32.2. The molecule has 0 saturated carbocycles. The van der Waals surface area contributed by atoms with Gasteiger partial charge in [-0.25, -0.2) is 14.4 Å². The van der Waals surface area contributed by atoms with Crippen LogP contribution < -0.4 is 0 Å². The number of carbonyl (C=O) groups is 3. The first-order valence-electron chi connectivity index (χ1n) is 13.3. The molecule has 0 bridgehead atoms. The third-order valence-electron chi connectivity index (χ3n) is 6.52. The number of aliphatic hydroxyl groups is 1. The summed E-state index contributed by atoms with van der Waals surface area (Å²) in [6.45, 7) is 0. The summed E-state index contributed by atoms with van der Waals surface area (Å²) in [6, 6.07) is 34.2. The van der Waals surface area contributed by atoms with E-state index in [1.165, 1.54) is 11.8 Å². The maximum Gasteiger partial charge on any atom is 0.338 e. The quantitative estimate of drug-likeness (QED) is 0.162. The number of carbonyl (C=O) groups excluding carboxylic acids is 3. The molecule has 8 nitrogen and oxygen atoms in total. The van der Waals surface area contributed by atoms with Gasteiger partial charge in [-0.3, -0.25) is 0 Å². The molecular formula is C33H28O8S. The second kappa shape index (κ2) is 14.0. The van der Waals surface area contributed by atoms with E-state index < -0.39 is 48.6 Å². The summed E-state index contributed by atoms with van der Waals surface area (Å²) in [5.41, 5.74) is 0.719. The fraction of sp³-hybridized carbons (Fsp3) is 0.182. The van der Waals surface area contributed by atoms with E-state index in [0.29, 0.717) is 0 Å². The minimum Gasteiger partial charge on any atom is -0.452 e. The molecule has 5 atom stereocenters. The molecule has 0 aliphatic carbocycles. The van der Waals surface area contributed by atoms with Gasteiger partial charge in [0.25, 0.3) is 0 Å². The molecule has 5 rings (SSSR count). The molecule has 0 unspecified atom stereocenters. The van der Waals surface area contributed by atoms with Crippen LogP contribution in [0.5, 0.6) is 0 Å². The van der Waals surface area contributed by atoms with Crippen molar-refractivity contribution < 1.29 is 38.4 Å². The summed E-state index contributed by atoms with van der Waals surface area (Å²) in [6.07, 6.45) is -6.75. The van der Waals surface area contributed by atoms with Gasteiger partial charge < -0.3 is 24.1 Å². The van der Waals surface area contributed by atoms with Gasteiger partial charge in [0.05, 0.1) is 16.7 Å². The molecule has 0 amide bonds. The second-order valence-corrected chi connectivity index (χ2v) is 10.5. The predicted molar refractivity (Wildman–Crippen MR) is 155 cm³/mol. The Bertz CT molecular complexity index is 1470. The molecule has 1 N–H and O–H groups in total. The number of esters is 3. The highest BCUT2D eigenvalue weighted by Crippen LogP contribution is 2.32. The second-order valence-electron chi connectivity index (χ2n) is 9.40. The van der Waals surface area contributed by atoms with E-state index >= 15 is 0 Å². The van der Waals surface area contributed by atoms with Crippen molar-refractivity contribution in [2.45, 2.75) is 35.6 Å². The predicted octanol–water partition coefficient (Wildman–Crippen LogP) is 5.17.